The van der Waals surface area contributed by atoms with Crippen LogP contribution in [0.2, 0.25) is 0 Å². The van der Waals surface area contributed by atoms with Crippen LogP contribution < -0.4 is 11.1 Å². The molecule has 1 fully saturated rings. The van der Waals surface area contributed by atoms with E-state index in [1.807, 2.05) is 0 Å². The van der Waals surface area contributed by atoms with Gasteiger partial charge in [0, 0.05) is 17.8 Å². The van der Waals surface area contributed by atoms with Crippen molar-refractivity contribution >= 4 is 23.1 Å². The van der Waals surface area contributed by atoms with Gasteiger partial charge in [0.1, 0.15) is 10.7 Å². The number of nitrogens with zero attached hydrogens (tertiary/aromatic N) is 1. The quantitative estimate of drug-likeness (QED) is 0.839. The van der Waals surface area contributed by atoms with E-state index in [1.54, 1.807) is 18.3 Å². The zero-order valence-corrected chi connectivity index (χ0v) is 12.8. The Hall–Kier alpha value is -1.49. The van der Waals surface area contributed by atoms with Crippen molar-refractivity contribution in [2.24, 2.45) is 11.1 Å². The van der Waals surface area contributed by atoms with Crippen molar-refractivity contribution in [1.29, 1.82) is 0 Å². The highest BCUT2D eigenvalue weighted by molar-refractivity contribution is 7.80. The summed E-state index contributed by atoms with van der Waals surface area (Å²) in [7, 11) is 0. The Bertz CT molecular complexity index is 510. The van der Waals surface area contributed by atoms with Crippen molar-refractivity contribution in [3.8, 4) is 0 Å². The van der Waals surface area contributed by atoms with Gasteiger partial charge in [-0.25, -0.2) is 0 Å². The molecule has 1 aliphatic carbocycles. The van der Waals surface area contributed by atoms with Crippen molar-refractivity contribution in [3.63, 3.8) is 0 Å². The molecule has 108 valence electrons. The molecule has 2 rings (SSSR count). The molecule has 5 heteroatoms. The van der Waals surface area contributed by atoms with Gasteiger partial charge in [-0.15, -0.1) is 0 Å². The van der Waals surface area contributed by atoms with Crippen molar-refractivity contribution in [3.05, 3.63) is 29.6 Å². The standard InChI is InChI=1S/C15H21N3OS/c1-15(2)8-4-3-5-12(15)18-14(19)11-7-6-10(9-17-11)13(16)20/h6-7,9,12H,3-5,8H2,1-2H3,(H2,16,20)(H,18,19). The lowest BCUT2D eigenvalue weighted by molar-refractivity contribution is 0.0848. The minimum atomic E-state index is -0.125. The van der Waals surface area contributed by atoms with Gasteiger partial charge < -0.3 is 11.1 Å². The third-order valence-electron chi connectivity index (χ3n) is 4.09. The molecule has 20 heavy (non-hydrogen) atoms. The zero-order chi connectivity index (χ0) is 14.8. The SMILES string of the molecule is CC1(C)CCCCC1NC(=O)c1ccc(C(N)=S)cn1. The summed E-state index contributed by atoms with van der Waals surface area (Å²) in [5.74, 6) is -0.125. The van der Waals surface area contributed by atoms with Crippen molar-refractivity contribution in [2.75, 3.05) is 0 Å². The van der Waals surface area contributed by atoms with Crippen LogP contribution >= 0.6 is 12.2 Å². The van der Waals surface area contributed by atoms with Crippen LogP contribution in [0.25, 0.3) is 0 Å². The summed E-state index contributed by atoms with van der Waals surface area (Å²) in [5.41, 5.74) is 6.75. The minimum Gasteiger partial charge on any atom is -0.389 e. The number of pyridine rings is 1. The van der Waals surface area contributed by atoms with Gasteiger partial charge in [0.15, 0.2) is 0 Å². The second-order valence-corrected chi connectivity index (χ2v) is 6.50. The number of amides is 1. The molecule has 1 aromatic heterocycles. The molecule has 1 unspecified atom stereocenters. The van der Waals surface area contributed by atoms with E-state index in [0.29, 0.717) is 11.3 Å². The van der Waals surface area contributed by atoms with Crippen LogP contribution in [-0.2, 0) is 0 Å². The fraction of sp³-hybridized carbons (Fsp3) is 0.533. The smallest absolute Gasteiger partial charge is 0.270 e. The van der Waals surface area contributed by atoms with Crippen LogP contribution in [0.5, 0.6) is 0 Å². The van der Waals surface area contributed by atoms with E-state index in [-0.39, 0.29) is 22.4 Å². The van der Waals surface area contributed by atoms with Crippen LogP contribution in [0, 0.1) is 5.41 Å². The van der Waals surface area contributed by atoms with E-state index in [9.17, 15) is 4.79 Å². The molecule has 0 aliphatic heterocycles. The van der Waals surface area contributed by atoms with Crippen molar-refractivity contribution < 1.29 is 4.79 Å². The first kappa shape index (κ1) is 14.9. The first-order valence-corrected chi connectivity index (χ1v) is 7.38. The molecule has 1 heterocycles. The molecule has 1 amide bonds. The number of thiocarbonyl (C=S) groups is 1. The van der Waals surface area contributed by atoms with Gasteiger partial charge in [-0.05, 0) is 30.4 Å². The van der Waals surface area contributed by atoms with Gasteiger partial charge in [-0.3, -0.25) is 9.78 Å². The molecular formula is C15H21N3OS. The van der Waals surface area contributed by atoms with Gasteiger partial charge in [-0.1, -0.05) is 38.9 Å². The van der Waals surface area contributed by atoms with Gasteiger partial charge in [0.2, 0.25) is 0 Å². The third kappa shape index (κ3) is 3.33. The molecule has 1 saturated carbocycles. The number of carbonyl (C=O) groups is 1. The van der Waals surface area contributed by atoms with E-state index >= 15 is 0 Å². The summed E-state index contributed by atoms with van der Waals surface area (Å²) in [6.45, 7) is 4.42. The maximum Gasteiger partial charge on any atom is 0.270 e. The Labute approximate surface area is 125 Å². The third-order valence-corrected chi connectivity index (χ3v) is 4.33. The summed E-state index contributed by atoms with van der Waals surface area (Å²) < 4.78 is 0. The lowest BCUT2D eigenvalue weighted by Crippen LogP contribution is -2.47. The summed E-state index contributed by atoms with van der Waals surface area (Å²) in [4.78, 5) is 16.7. The topological polar surface area (TPSA) is 68.0 Å². The molecule has 0 aromatic carbocycles. The average molecular weight is 291 g/mol. The highest BCUT2D eigenvalue weighted by Gasteiger charge is 2.33. The molecular weight excluding hydrogens is 270 g/mol. The molecule has 1 aliphatic rings. The van der Waals surface area contributed by atoms with Gasteiger partial charge in [-0.2, -0.15) is 0 Å². The van der Waals surface area contributed by atoms with Gasteiger partial charge in [0.05, 0.1) is 0 Å². The molecule has 3 N–H and O–H groups in total. The number of aromatic nitrogens is 1. The summed E-state index contributed by atoms with van der Waals surface area (Å²) in [6, 6.07) is 3.61. The van der Waals surface area contributed by atoms with Crippen LogP contribution in [0.15, 0.2) is 18.3 Å². The second kappa shape index (κ2) is 5.87. The molecule has 0 radical (unpaired) electrons. The minimum absolute atomic E-state index is 0.125. The highest BCUT2D eigenvalue weighted by atomic mass is 32.1. The van der Waals surface area contributed by atoms with Crippen LogP contribution in [0.1, 0.15) is 55.6 Å². The predicted molar refractivity (Wildman–Crippen MR) is 83.6 cm³/mol. The van der Waals surface area contributed by atoms with Gasteiger partial charge >= 0.3 is 0 Å². The Kier molecular flexibility index (Phi) is 4.38. The number of hydrogen-bond acceptors (Lipinski definition) is 3. The first-order valence-electron chi connectivity index (χ1n) is 6.97. The highest BCUT2D eigenvalue weighted by Crippen LogP contribution is 2.35. The Balaban J connectivity index is 2.06. The van der Waals surface area contributed by atoms with Crippen LogP contribution in [0.4, 0.5) is 0 Å². The average Bonchev–Trinajstić information content (AvgIpc) is 2.41. The monoisotopic (exact) mass is 291 g/mol. The summed E-state index contributed by atoms with van der Waals surface area (Å²) in [6.07, 6.45) is 6.13. The normalized spacial score (nSPS) is 21.2. The van der Waals surface area contributed by atoms with Crippen molar-refractivity contribution in [1.82, 2.24) is 10.3 Å². The van der Waals surface area contributed by atoms with E-state index < -0.39 is 0 Å². The number of hydrogen-bond donors (Lipinski definition) is 2. The van der Waals surface area contributed by atoms with E-state index in [2.05, 4.69) is 24.1 Å². The van der Waals surface area contributed by atoms with E-state index in [1.165, 1.54) is 12.8 Å². The number of nitrogens with two attached hydrogens (primary N) is 1. The molecule has 1 atom stereocenters. The molecule has 0 bridgehead atoms. The molecule has 0 spiro atoms. The van der Waals surface area contributed by atoms with Gasteiger partial charge in [0.25, 0.3) is 5.91 Å². The summed E-state index contributed by atoms with van der Waals surface area (Å²) in [5, 5.41) is 3.11. The number of nitrogens with one attached hydrogen (secondary N) is 1. The molecule has 4 nitrogen and oxygen atoms in total. The molecule has 0 saturated heterocycles. The number of rotatable bonds is 3. The first-order chi connectivity index (χ1) is 9.40. The predicted octanol–water partition coefficient (Wildman–Crippen LogP) is 2.41. The lowest BCUT2D eigenvalue weighted by Gasteiger charge is -2.38. The fourth-order valence-electron chi connectivity index (χ4n) is 2.67. The van der Waals surface area contributed by atoms with Crippen LogP contribution in [0.3, 0.4) is 0 Å². The second-order valence-electron chi connectivity index (χ2n) is 6.06. The summed E-state index contributed by atoms with van der Waals surface area (Å²) >= 11 is 4.87. The van der Waals surface area contributed by atoms with Crippen molar-refractivity contribution in [2.45, 2.75) is 45.6 Å². The Morgan fingerprint density at radius 2 is 2.20 bits per heavy atom. The Morgan fingerprint density at radius 3 is 2.75 bits per heavy atom. The maximum absolute atomic E-state index is 12.2. The van der Waals surface area contributed by atoms with Crippen LogP contribution in [-0.4, -0.2) is 21.9 Å². The van der Waals surface area contributed by atoms with E-state index in [4.69, 9.17) is 18.0 Å². The van der Waals surface area contributed by atoms with E-state index in [0.717, 1.165) is 12.8 Å². The molecule has 1 aromatic rings. The largest absolute Gasteiger partial charge is 0.389 e. The lowest BCUT2D eigenvalue weighted by atomic mass is 9.73. The zero-order valence-electron chi connectivity index (χ0n) is 12.0. The maximum atomic E-state index is 12.2. The number of carbonyl (C=O) groups excluding carboxylic acids is 1. The Morgan fingerprint density at radius 1 is 1.45 bits per heavy atom. The fourth-order valence-corrected chi connectivity index (χ4v) is 2.79.